The van der Waals surface area contributed by atoms with E-state index in [9.17, 15) is 14.7 Å². The summed E-state index contributed by atoms with van der Waals surface area (Å²) in [4.78, 5) is 28.4. The van der Waals surface area contributed by atoms with Crippen LogP contribution in [-0.2, 0) is 21.4 Å². The van der Waals surface area contributed by atoms with E-state index < -0.39 is 17.7 Å². The van der Waals surface area contributed by atoms with Crippen molar-refractivity contribution in [1.82, 2.24) is 4.90 Å². The molecule has 1 heterocycles. The van der Waals surface area contributed by atoms with Crippen LogP contribution in [0, 0.1) is 0 Å². The summed E-state index contributed by atoms with van der Waals surface area (Å²) < 4.78 is 16.2. The normalized spacial score (nSPS) is 16.9. The summed E-state index contributed by atoms with van der Waals surface area (Å²) in [6, 6.07) is 19.3. The van der Waals surface area contributed by atoms with Crippen molar-refractivity contribution in [2.75, 3.05) is 27.9 Å². The molecule has 1 aliphatic rings. The number of carbonyl (C=O) groups excluding carboxylic acids is 2. The van der Waals surface area contributed by atoms with Gasteiger partial charge in [0.25, 0.3) is 11.7 Å². The molecular formula is C32H35NO6. The Kier molecular flexibility index (Phi) is 8.00. The number of carbonyl (C=O) groups is 2. The van der Waals surface area contributed by atoms with Gasteiger partial charge >= 0.3 is 0 Å². The molecule has 1 N–H and O–H groups in total. The lowest BCUT2D eigenvalue weighted by Crippen LogP contribution is -2.31. The topological polar surface area (TPSA) is 85.3 Å². The minimum atomic E-state index is -0.779. The first-order valence-electron chi connectivity index (χ1n) is 12.8. The first-order valence-corrected chi connectivity index (χ1v) is 12.8. The molecule has 0 bridgehead atoms. The molecule has 7 nitrogen and oxygen atoms in total. The zero-order chi connectivity index (χ0) is 28.3. The van der Waals surface area contributed by atoms with Gasteiger partial charge in [0.2, 0.25) is 0 Å². The number of ether oxygens (including phenoxy) is 3. The molecular weight excluding hydrogens is 494 g/mol. The van der Waals surface area contributed by atoms with E-state index in [0.717, 1.165) is 16.9 Å². The fourth-order valence-electron chi connectivity index (χ4n) is 4.91. The van der Waals surface area contributed by atoms with Crippen LogP contribution in [0.4, 0.5) is 0 Å². The molecule has 0 aliphatic carbocycles. The van der Waals surface area contributed by atoms with E-state index >= 15 is 0 Å². The Morgan fingerprint density at radius 2 is 1.56 bits per heavy atom. The first-order chi connectivity index (χ1) is 18.6. The fraction of sp³-hybridized carbons (Fsp3) is 0.312. The Morgan fingerprint density at radius 3 is 2.18 bits per heavy atom. The quantitative estimate of drug-likeness (QED) is 0.230. The highest BCUT2D eigenvalue weighted by atomic mass is 16.5. The molecule has 1 aliphatic heterocycles. The number of hydrogen-bond acceptors (Lipinski definition) is 6. The average molecular weight is 530 g/mol. The standard InChI is InChI=1S/C32H35NO6/c1-32(2,3)25-19-22(12-15-26(25)39-6)29(34)27-28(21-8-7-9-24(18-21)38-5)33(31(36)30(27)35)17-16-20-10-13-23(37-4)14-11-20/h7-15,18-19,28,34H,16-17H2,1-6H3/b29-27-. The van der Waals surface area contributed by atoms with Crippen LogP contribution < -0.4 is 14.2 Å². The summed E-state index contributed by atoms with van der Waals surface area (Å²) in [5.41, 5.74) is 2.76. The van der Waals surface area contributed by atoms with E-state index in [-0.39, 0.29) is 23.3 Å². The SMILES string of the molecule is COc1ccc(CCN2C(=O)C(=O)/C(=C(\O)c3ccc(OC)c(C(C)(C)C)c3)C2c2cccc(OC)c2)cc1. The highest BCUT2D eigenvalue weighted by Gasteiger charge is 2.46. The van der Waals surface area contributed by atoms with Crippen molar-refractivity contribution in [1.29, 1.82) is 0 Å². The molecule has 204 valence electrons. The van der Waals surface area contributed by atoms with Crippen molar-refractivity contribution >= 4 is 17.4 Å². The third kappa shape index (κ3) is 5.62. The molecule has 0 saturated carbocycles. The van der Waals surface area contributed by atoms with Crippen LogP contribution >= 0.6 is 0 Å². The molecule has 3 aromatic rings. The number of aliphatic hydroxyl groups excluding tert-OH is 1. The minimum Gasteiger partial charge on any atom is -0.507 e. The third-order valence-corrected chi connectivity index (χ3v) is 7.03. The van der Waals surface area contributed by atoms with Crippen LogP contribution in [0.3, 0.4) is 0 Å². The smallest absolute Gasteiger partial charge is 0.295 e. The number of nitrogens with zero attached hydrogens (tertiary/aromatic N) is 1. The molecule has 1 amide bonds. The summed E-state index contributed by atoms with van der Waals surface area (Å²) in [7, 11) is 4.77. The zero-order valence-corrected chi connectivity index (χ0v) is 23.3. The number of Topliss-reactive ketones (excluding diaryl/α,β-unsaturated/α-hetero) is 1. The molecule has 0 aromatic heterocycles. The largest absolute Gasteiger partial charge is 0.507 e. The number of methoxy groups -OCH3 is 3. The number of amides is 1. The maximum Gasteiger partial charge on any atom is 0.295 e. The van der Waals surface area contributed by atoms with Gasteiger partial charge in [0.1, 0.15) is 23.0 Å². The summed E-state index contributed by atoms with van der Waals surface area (Å²) in [5.74, 6) is 0.424. The molecule has 0 spiro atoms. The predicted octanol–water partition coefficient (Wildman–Crippen LogP) is 5.67. The fourth-order valence-corrected chi connectivity index (χ4v) is 4.91. The highest BCUT2D eigenvalue weighted by Crippen LogP contribution is 2.41. The van der Waals surface area contributed by atoms with Gasteiger partial charge in [0.15, 0.2) is 0 Å². The Bertz CT molecular complexity index is 1400. The second-order valence-electron chi connectivity index (χ2n) is 10.5. The molecule has 1 fully saturated rings. The van der Waals surface area contributed by atoms with Crippen molar-refractivity contribution in [2.45, 2.75) is 38.6 Å². The molecule has 1 unspecified atom stereocenters. The van der Waals surface area contributed by atoms with Crippen LogP contribution in [0.5, 0.6) is 17.2 Å². The molecule has 3 aromatic carbocycles. The minimum absolute atomic E-state index is 0.0491. The van der Waals surface area contributed by atoms with Crippen LogP contribution in [-0.4, -0.2) is 49.6 Å². The molecule has 39 heavy (non-hydrogen) atoms. The van der Waals surface area contributed by atoms with Crippen molar-refractivity contribution in [2.24, 2.45) is 0 Å². The van der Waals surface area contributed by atoms with Crippen LogP contribution in [0.25, 0.3) is 5.76 Å². The van der Waals surface area contributed by atoms with Crippen molar-refractivity contribution in [3.8, 4) is 17.2 Å². The second kappa shape index (κ2) is 11.2. The lowest BCUT2D eigenvalue weighted by Gasteiger charge is -2.26. The van der Waals surface area contributed by atoms with Crippen LogP contribution in [0.15, 0.2) is 72.3 Å². The zero-order valence-electron chi connectivity index (χ0n) is 23.3. The van der Waals surface area contributed by atoms with Crippen molar-refractivity contribution < 1.29 is 28.9 Å². The van der Waals surface area contributed by atoms with E-state index in [2.05, 4.69) is 0 Å². The summed E-state index contributed by atoms with van der Waals surface area (Å²) in [6.07, 6.45) is 0.522. The van der Waals surface area contributed by atoms with Gasteiger partial charge < -0.3 is 24.2 Å². The van der Waals surface area contributed by atoms with E-state index in [1.165, 1.54) is 4.90 Å². The lowest BCUT2D eigenvalue weighted by atomic mass is 9.84. The van der Waals surface area contributed by atoms with E-state index in [0.29, 0.717) is 29.0 Å². The van der Waals surface area contributed by atoms with Gasteiger partial charge in [-0.1, -0.05) is 45.0 Å². The first kappa shape index (κ1) is 27.8. The van der Waals surface area contributed by atoms with E-state index in [1.807, 2.05) is 63.2 Å². The molecule has 1 saturated heterocycles. The molecule has 1 atom stereocenters. The lowest BCUT2D eigenvalue weighted by molar-refractivity contribution is -0.139. The summed E-state index contributed by atoms with van der Waals surface area (Å²) >= 11 is 0. The molecule has 0 radical (unpaired) electrons. The van der Waals surface area contributed by atoms with Crippen molar-refractivity contribution in [3.05, 3.63) is 94.6 Å². The van der Waals surface area contributed by atoms with E-state index in [4.69, 9.17) is 14.2 Å². The van der Waals surface area contributed by atoms with E-state index in [1.54, 1.807) is 45.6 Å². The average Bonchev–Trinajstić information content (AvgIpc) is 3.20. The van der Waals surface area contributed by atoms with Gasteiger partial charge in [-0.2, -0.15) is 0 Å². The van der Waals surface area contributed by atoms with Gasteiger partial charge in [-0.05, 0) is 65.4 Å². The number of ketones is 1. The van der Waals surface area contributed by atoms with Gasteiger partial charge in [0.05, 0.1) is 32.9 Å². The highest BCUT2D eigenvalue weighted by molar-refractivity contribution is 6.46. The molecule has 4 rings (SSSR count). The molecule has 7 heteroatoms. The Labute approximate surface area is 229 Å². The third-order valence-electron chi connectivity index (χ3n) is 7.03. The monoisotopic (exact) mass is 529 g/mol. The second-order valence-corrected chi connectivity index (χ2v) is 10.5. The number of benzene rings is 3. The maximum atomic E-state index is 13.5. The Hall–Kier alpha value is -4.26. The summed E-state index contributed by atoms with van der Waals surface area (Å²) in [5, 5.41) is 11.6. The Morgan fingerprint density at radius 1 is 0.872 bits per heavy atom. The van der Waals surface area contributed by atoms with Gasteiger partial charge in [0, 0.05) is 17.7 Å². The predicted molar refractivity (Wildman–Crippen MR) is 150 cm³/mol. The number of hydrogen-bond donors (Lipinski definition) is 1. The van der Waals surface area contributed by atoms with Crippen LogP contribution in [0.1, 0.15) is 49.1 Å². The number of rotatable bonds is 8. The van der Waals surface area contributed by atoms with Crippen molar-refractivity contribution in [3.63, 3.8) is 0 Å². The number of aliphatic hydroxyl groups is 1. The maximum absolute atomic E-state index is 13.5. The van der Waals surface area contributed by atoms with Crippen LogP contribution in [0.2, 0.25) is 0 Å². The number of likely N-dealkylation sites (tertiary alicyclic amines) is 1. The van der Waals surface area contributed by atoms with Gasteiger partial charge in [-0.3, -0.25) is 9.59 Å². The van der Waals surface area contributed by atoms with Gasteiger partial charge in [-0.15, -0.1) is 0 Å². The Balaban J connectivity index is 1.81. The van der Waals surface area contributed by atoms with Gasteiger partial charge in [-0.25, -0.2) is 0 Å². The summed E-state index contributed by atoms with van der Waals surface area (Å²) in [6.45, 7) is 6.42.